The fraction of sp³-hybridized carbons (Fsp3) is 0.286. The van der Waals surface area contributed by atoms with Gasteiger partial charge in [0.15, 0.2) is 6.10 Å². The lowest BCUT2D eigenvalue weighted by Gasteiger charge is -2.17. The van der Waals surface area contributed by atoms with Crippen LogP contribution in [0.4, 0.5) is 13.2 Å². The lowest BCUT2D eigenvalue weighted by Crippen LogP contribution is -2.35. The molecule has 1 amide bonds. The molecule has 3 rings (SSSR count). The maximum Gasteiger partial charge on any atom is 0.274 e. The number of benzene rings is 1. The number of rotatable bonds is 8. The number of hydrogen-bond acceptors (Lipinski definition) is 5. The topological polar surface area (TPSA) is 68.3 Å². The van der Waals surface area contributed by atoms with Crippen LogP contribution < -0.4 is 5.32 Å². The molecule has 1 atom stereocenters. The zero-order chi connectivity index (χ0) is 21.7. The summed E-state index contributed by atoms with van der Waals surface area (Å²) >= 11 is 1.02. The summed E-state index contributed by atoms with van der Waals surface area (Å²) in [5, 5.41) is 2.92. The van der Waals surface area contributed by atoms with Crippen molar-refractivity contribution in [1.29, 1.82) is 0 Å². The van der Waals surface area contributed by atoms with Crippen molar-refractivity contribution in [3.63, 3.8) is 0 Å². The Morgan fingerprint density at radius 1 is 1.27 bits per heavy atom. The number of thioether (sulfide) groups is 1. The van der Waals surface area contributed by atoms with Gasteiger partial charge in [-0.05, 0) is 31.2 Å². The fourth-order valence-electron chi connectivity index (χ4n) is 2.83. The van der Waals surface area contributed by atoms with Gasteiger partial charge in [0.1, 0.15) is 10.8 Å². The zero-order valence-corrected chi connectivity index (χ0v) is 16.8. The number of pyridine rings is 1. The molecule has 1 N–H and O–H groups in total. The lowest BCUT2D eigenvalue weighted by molar-refractivity contribution is -0.120. The van der Waals surface area contributed by atoms with Crippen LogP contribution in [-0.2, 0) is 15.5 Å². The Bertz CT molecular complexity index is 964. The highest BCUT2D eigenvalue weighted by Gasteiger charge is 2.31. The van der Waals surface area contributed by atoms with Crippen LogP contribution in [0.2, 0.25) is 0 Å². The predicted molar refractivity (Wildman–Crippen MR) is 106 cm³/mol. The number of halogens is 3. The van der Waals surface area contributed by atoms with E-state index in [1.54, 1.807) is 13.0 Å². The quantitative estimate of drug-likeness (QED) is 0.631. The van der Waals surface area contributed by atoms with Gasteiger partial charge in [-0.15, -0.1) is 11.8 Å². The minimum atomic E-state index is -3.14. The Morgan fingerprint density at radius 2 is 2.00 bits per heavy atom. The van der Waals surface area contributed by atoms with Gasteiger partial charge in [-0.2, -0.15) is 0 Å². The van der Waals surface area contributed by atoms with Gasteiger partial charge in [0.05, 0.1) is 17.9 Å². The Balaban J connectivity index is 1.57. The Kier molecular flexibility index (Phi) is 6.81. The number of nitrogens with one attached hydrogen (secondary N) is 1. The van der Waals surface area contributed by atoms with E-state index in [1.165, 1.54) is 18.3 Å². The largest absolute Gasteiger partial charge is 0.485 e. The number of allylic oxidation sites excluding steroid dienone is 1. The van der Waals surface area contributed by atoms with Crippen molar-refractivity contribution in [2.24, 2.45) is 0 Å². The van der Waals surface area contributed by atoms with Gasteiger partial charge in [-0.3, -0.25) is 9.59 Å². The summed E-state index contributed by atoms with van der Waals surface area (Å²) in [6.45, 7) is 1.64. The Hall–Kier alpha value is -2.81. The first kappa shape index (κ1) is 21.9. The number of ether oxygens (including phenoxy) is 1. The number of nitrogens with zero attached hydrogens (tertiary/aromatic N) is 1. The van der Waals surface area contributed by atoms with Gasteiger partial charge in [-0.25, -0.2) is 18.2 Å². The molecular weight excluding hydrogens is 417 g/mol. The highest BCUT2D eigenvalue weighted by Crippen LogP contribution is 2.34. The molecule has 1 aromatic heterocycles. The molecular formula is C21H19F3N2O3S. The van der Waals surface area contributed by atoms with Crippen LogP contribution >= 0.6 is 11.8 Å². The SMILES string of the molecule is CC1=CC(=O)C(CNC(=O)c2cccnc2SCCC(F)(F)c2ccc(F)cc2)O1. The minimum absolute atomic E-state index is 0.00495. The van der Waals surface area contributed by atoms with Crippen molar-refractivity contribution in [2.45, 2.75) is 30.4 Å². The van der Waals surface area contributed by atoms with Crippen LogP contribution in [0.3, 0.4) is 0 Å². The van der Waals surface area contributed by atoms with Gasteiger partial charge < -0.3 is 10.1 Å². The first-order valence-electron chi connectivity index (χ1n) is 9.15. The van der Waals surface area contributed by atoms with Crippen LogP contribution in [0.1, 0.15) is 29.3 Å². The fourth-order valence-corrected chi connectivity index (χ4v) is 3.83. The van der Waals surface area contributed by atoms with E-state index in [9.17, 15) is 22.8 Å². The summed E-state index contributed by atoms with van der Waals surface area (Å²) in [4.78, 5) is 28.3. The van der Waals surface area contributed by atoms with Crippen molar-refractivity contribution in [1.82, 2.24) is 10.3 Å². The van der Waals surface area contributed by atoms with E-state index < -0.39 is 30.2 Å². The average Bonchev–Trinajstić information content (AvgIpc) is 3.03. The molecule has 0 spiro atoms. The van der Waals surface area contributed by atoms with E-state index in [-0.39, 0.29) is 29.2 Å². The average molecular weight is 436 g/mol. The molecule has 0 radical (unpaired) electrons. The van der Waals surface area contributed by atoms with Crippen molar-refractivity contribution in [3.05, 3.63) is 71.4 Å². The van der Waals surface area contributed by atoms with Gasteiger partial charge >= 0.3 is 0 Å². The number of hydrogen-bond donors (Lipinski definition) is 1. The summed E-state index contributed by atoms with van der Waals surface area (Å²) in [6, 6.07) is 7.20. The third kappa shape index (κ3) is 5.41. The normalized spacial score (nSPS) is 16.2. The molecule has 2 aromatic rings. The molecule has 5 nitrogen and oxygen atoms in total. The molecule has 0 saturated carbocycles. The zero-order valence-electron chi connectivity index (χ0n) is 16.0. The summed E-state index contributed by atoms with van der Waals surface area (Å²) in [6.07, 6.45) is 1.56. The second-order valence-corrected chi connectivity index (χ2v) is 7.72. The molecule has 0 fully saturated rings. The third-order valence-corrected chi connectivity index (χ3v) is 5.38. The van der Waals surface area contributed by atoms with E-state index in [0.29, 0.717) is 10.8 Å². The molecule has 0 saturated heterocycles. The number of amides is 1. The molecule has 0 aliphatic carbocycles. The van der Waals surface area contributed by atoms with Crippen LogP contribution in [0.5, 0.6) is 0 Å². The van der Waals surface area contributed by atoms with Gasteiger partial charge in [0.2, 0.25) is 5.78 Å². The molecule has 1 aliphatic heterocycles. The summed E-state index contributed by atoms with van der Waals surface area (Å²) in [7, 11) is 0. The van der Waals surface area contributed by atoms with Crippen molar-refractivity contribution in [2.75, 3.05) is 12.3 Å². The Morgan fingerprint density at radius 3 is 2.67 bits per heavy atom. The molecule has 1 unspecified atom stereocenters. The number of aromatic nitrogens is 1. The smallest absolute Gasteiger partial charge is 0.274 e. The molecule has 2 heterocycles. The first-order chi connectivity index (χ1) is 14.3. The van der Waals surface area contributed by atoms with E-state index >= 15 is 0 Å². The number of carbonyl (C=O) groups excluding carboxylic acids is 2. The maximum atomic E-state index is 14.3. The van der Waals surface area contributed by atoms with Gasteiger partial charge in [-0.1, -0.05) is 12.1 Å². The molecule has 158 valence electrons. The first-order valence-corrected chi connectivity index (χ1v) is 10.1. The second-order valence-electron chi connectivity index (χ2n) is 6.64. The van der Waals surface area contributed by atoms with E-state index in [4.69, 9.17) is 4.74 Å². The summed E-state index contributed by atoms with van der Waals surface area (Å²) < 4.78 is 46.9. The molecule has 0 bridgehead atoms. The molecule has 30 heavy (non-hydrogen) atoms. The van der Waals surface area contributed by atoms with E-state index in [0.717, 1.165) is 36.0 Å². The van der Waals surface area contributed by atoms with E-state index in [2.05, 4.69) is 10.3 Å². The van der Waals surface area contributed by atoms with Crippen LogP contribution in [0.25, 0.3) is 0 Å². The number of ketones is 1. The number of alkyl halides is 2. The van der Waals surface area contributed by atoms with Crippen molar-refractivity contribution >= 4 is 23.5 Å². The van der Waals surface area contributed by atoms with Crippen molar-refractivity contribution in [3.8, 4) is 0 Å². The standard InChI is InChI=1S/C21H19F3N2O3S/c1-13-11-17(27)18(29-13)12-26-19(28)16-3-2-9-25-20(16)30-10-8-21(23,24)14-4-6-15(22)7-5-14/h2-7,9,11,18H,8,10,12H2,1H3,(H,26,28). The molecule has 1 aromatic carbocycles. The van der Waals surface area contributed by atoms with E-state index in [1.807, 2.05) is 0 Å². The highest BCUT2D eigenvalue weighted by molar-refractivity contribution is 7.99. The summed E-state index contributed by atoms with van der Waals surface area (Å²) in [5.74, 6) is -3.94. The maximum absolute atomic E-state index is 14.3. The molecule has 1 aliphatic rings. The Labute approximate surface area is 175 Å². The minimum Gasteiger partial charge on any atom is -0.485 e. The second kappa shape index (κ2) is 9.34. The summed E-state index contributed by atoms with van der Waals surface area (Å²) in [5.41, 5.74) is -0.0450. The highest BCUT2D eigenvalue weighted by atomic mass is 32.2. The third-order valence-electron chi connectivity index (χ3n) is 4.38. The van der Waals surface area contributed by atoms with Crippen molar-refractivity contribution < 1.29 is 27.5 Å². The monoisotopic (exact) mass is 436 g/mol. The van der Waals surface area contributed by atoms with Gasteiger partial charge in [0, 0.05) is 30.0 Å². The predicted octanol–water partition coefficient (Wildman–Crippen LogP) is 4.10. The van der Waals surface area contributed by atoms with Crippen LogP contribution in [0.15, 0.2) is 59.5 Å². The van der Waals surface area contributed by atoms with Crippen LogP contribution in [0, 0.1) is 5.82 Å². The van der Waals surface area contributed by atoms with Crippen LogP contribution in [-0.4, -0.2) is 35.1 Å². The number of carbonyl (C=O) groups is 2. The van der Waals surface area contributed by atoms with Gasteiger partial charge in [0.25, 0.3) is 11.8 Å². The molecule has 9 heteroatoms. The lowest BCUT2D eigenvalue weighted by atomic mass is 10.1.